The van der Waals surface area contributed by atoms with Crippen molar-refractivity contribution in [1.82, 2.24) is 14.9 Å². The Balaban J connectivity index is 1.68. The zero-order valence-corrected chi connectivity index (χ0v) is 14.8. The van der Waals surface area contributed by atoms with Gasteiger partial charge in [0.1, 0.15) is 6.54 Å². The lowest BCUT2D eigenvalue weighted by molar-refractivity contribution is -0.147. The zero-order chi connectivity index (χ0) is 19.4. The zero-order valence-electron chi connectivity index (χ0n) is 14.8. The van der Waals surface area contributed by atoms with Crippen LogP contribution in [-0.2, 0) is 23.9 Å². The quantitative estimate of drug-likeness (QED) is 0.702. The number of rotatable bonds is 6. The number of nitrogens with zero attached hydrogens (tertiary/aromatic N) is 2. The molecule has 4 nitrogen and oxygen atoms in total. The van der Waals surface area contributed by atoms with Crippen LogP contribution < -0.4 is 5.32 Å². The molecule has 3 aromatic rings. The van der Waals surface area contributed by atoms with Crippen LogP contribution >= 0.6 is 0 Å². The first-order chi connectivity index (χ1) is 12.8. The molecule has 1 heterocycles. The molecule has 1 aromatic heterocycles. The maximum absolute atomic E-state index is 13.3. The van der Waals surface area contributed by atoms with Gasteiger partial charge in [0.25, 0.3) is 0 Å². The van der Waals surface area contributed by atoms with E-state index in [-0.39, 0.29) is 17.1 Å². The summed E-state index contributed by atoms with van der Waals surface area (Å²) in [4.78, 5) is 16.0. The summed E-state index contributed by atoms with van der Waals surface area (Å²) < 4.78 is 40.8. The van der Waals surface area contributed by atoms with Crippen molar-refractivity contribution in [2.75, 3.05) is 0 Å². The lowest BCUT2D eigenvalue weighted by Crippen LogP contribution is -2.36. The third kappa shape index (κ3) is 4.67. The lowest BCUT2D eigenvalue weighted by Gasteiger charge is -2.16. The second-order valence-electron chi connectivity index (χ2n) is 6.50. The molecule has 0 bridgehead atoms. The van der Waals surface area contributed by atoms with Gasteiger partial charge < -0.3 is 9.88 Å². The lowest BCUT2D eigenvalue weighted by atomic mass is 10.1. The summed E-state index contributed by atoms with van der Waals surface area (Å²) in [5.74, 6) is -1.53. The fourth-order valence-electron chi connectivity index (χ4n) is 3.02. The Labute approximate surface area is 155 Å². The number of nitrogens with one attached hydrogen (secondary N) is 1. The molecule has 7 heteroatoms. The first-order valence-electron chi connectivity index (χ1n) is 8.70. The molecule has 0 radical (unpaired) electrons. The van der Waals surface area contributed by atoms with Crippen LogP contribution in [0.25, 0.3) is 11.0 Å². The van der Waals surface area contributed by atoms with Gasteiger partial charge in [0.15, 0.2) is 0 Å². The van der Waals surface area contributed by atoms with Crippen LogP contribution in [0.1, 0.15) is 24.7 Å². The number of carbonyl (C=O) groups is 1. The number of carbonyl (C=O) groups excluding carboxylic acids is 1. The SMILES string of the molecule is C[C@H](CCc1ccccc1)NC(=O)Cn1c(C(F)(F)F)nc2ccccc21. The van der Waals surface area contributed by atoms with Crippen molar-refractivity contribution < 1.29 is 18.0 Å². The summed E-state index contributed by atoms with van der Waals surface area (Å²) >= 11 is 0. The predicted molar refractivity (Wildman–Crippen MR) is 97.1 cm³/mol. The Morgan fingerprint density at radius 2 is 1.78 bits per heavy atom. The van der Waals surface area contributed by atoms with Gasteiger partial charge in [-0.25, -0.2) is 4.98 Å². The number of alkyl halides is 3. The second kappa shape index (κ2) is 7.82. The molecule has 0 saturated heterocycles. The molecular formula is C20H20F3N3O. The van der Waals surface area contributed by atoms with Gasteiger partial charge in [-0.3, -0.25) is 4.79 Å². The normalized spacial score (nSPS) is 12.9. The summed E-state index contributed by atoms with van der Waals surface area (Å²) in [6.45, 7) is 1.42. The molecule has 0 unspecified atom stereocenters. The number of aromatic nitrogens is 2. The van der Waals surface area contributed by atoms with E-state index in [4.69, 9.17) is 0 Å². The number of halogens is 3. The van der Waals surface area contributed by atoms with Gasteiger partial charge in [0.05, 0.1) is 11.0 Å². The van der Waals surface area contributed by atoms with Crippen LogP contribution in [0.2, 0.25) is 0 Å². The minimum absolute atomic E-state index is 0.151. The van der Waals surface area contributed by atoms with E-state index in [2.05, 4.69) is 10.3 Å². The first-order valence-corrected chi connectivity index (χ1v) is 8.70. The number of aryl methyl sites for hydroxylation is 1. The maximum atomic E-state index is 13.3. The standard InChI is InChI=1S/C20H20F3N3O/c1-14(11-12-15-7-3-2-4-8-15)24-18(27)13-26-17-10-6-5-9-16(17)25-19(26)20(21,22)23/h2-10,14H,11-13H2,1H3,(H,24,27)/t14-/m1/s1. The highest BCUT2D eigenvalue weighted by Crippen LogP contribution is 2.31. The number of fused-ring (bicyclic) bond motifs is 1. The molecule has 0 fully saturated rings. The Hall–Kier alpha value is -2.83. The number of amides is 1. The van der Waals surface area contributed by atoms with E-state index >= 15 is 0 Å². The number of benzene rings is 2. The van der Waals surface area contributed by atoms with Crippen molar-refractivity contribution in [1.29, 1.82) is 0 Å². The van der Waals surface area contributed by atoms with E-state index < -0.39 is 24.5 Å². The van der Waals surface area contributed by atoms with Crippen LogP contribution in [0.4, 0.5) is 13.2 Å². The average Bonchev–Trinajstić information content (AvgIpc) is 3.00. The van der Waals surface area contributed by atoms with Gasteiger partial charge in [0, 0.05) is 6.04 Å². The van der Waals surface area contributed by atoms with E-state index in [1.165, 1.54) is 12.1 Å². The second-order valence-corrected chi connectivity index (χ2v) is 6.50. The van der Waals surface area contributed by atoms with Crippen LogP contribution in [0, 0.1) is 0 Å². The van der Waals surface area contributed by atoms with Crippen molar-refractivity contribution in [3.8, 4) is 0 Å². The van der Waals surface area contributed by atoms with Crippen LogP contribution in [0.5, 0.6) is 0 Å². The Kier molecular flexibility index (Phi) is 5.48. The number of imidazole rings is 1. The summed E-state index contributed by atoms with van der Waals surface area (Å²) in [6, 6.07) is 16.0. The van der Waals surface area contributed by atoms with E-state index in [1.54, 1.807) is 12.1 Å². The summed E-state index contributed by atoms with van der Waals surface area (Å²) in [5, 5.41) is 2.78. The molecule has 3 rings (SSSR count). The fraction of sp³-hybridized carbons (Fsp3) is 0.300. The number of hydrogen-bond acceptors (Lipinski definition) is 2. The highest BCUT2D eigenvalue weighted by molar-refractivity contribution is 5.81. The molecule has 0 saturated carbocycles. The first kappa shape index (κ1) is 18.9. The fourth-order valence-corrected chi connectivity index (χ4v) is 3.02. The van der Waals surface area contributed by atoms with Gasteiger partial charge in [-0.2, -0.15) is 13.2 Å². The summed E-state index contributed by atoms with van der Waals surface area (Å²) in [7, 11) is 0. The van der Waals surface area contributed by atoms with Crippen LogP contribution in [0.3, 0.4) is 0 Å². The van der Waals surface area contributed by atoms with Gasteiger partial charge >= 0.3 is 6.18 Å². The Morgan fingerprint density at radius 3 is 2.48 bits per heavy atom. The van der Waals surface area contributed by atoms with Crippen LogP contribution in [-0.4, -0.2) is 21.5 Å². The number of para-hydroxylation sites is 2. The predicted octanol–water partition coefficient (Wildman–Crippen LogP) is 4.19. The van der Waals surface area contributed by atoms with Crippen molar-refractivity contribution in [3.05, 3.63) is 66.0 Å². The molecule has 1 atom stereocenters. The minimum Gasteiger partial charge on any atom is -0.352 e. The highest BCUT2D eigenvalue weighted by Gasteiger charge is 2.38. The Morgan fingerprint density at radius 1 is 1.11 bits per heavy atom. The molecule has 142 valence electrons. The molecular weight excluding hydrogens is 355 g/mol. The van der Waals surface area contributed by atoms with E-state index in [1.807, 2.05) is 37.3 Å². The third-order valence-corrected chi connectivity index (χ3v) is 4.33. The van der Waals surface area contributed by atoms with Crippen molar-refractivity contribution in [3.63, 3.8) is 0 Å². The third-order valence-electron chi connectivity index (χ3n) is 4.33. The van der Waals surface area contributed by atoms with Gasteiger partial charge in [-0.15, -0.1) is 0 Å². The van der Waals surface area contributed by atoms with E-state index in [0.29, 0.717) is 6.42 Å². The molecule has 0 aliphatic rings. The molecule has 0 aliphatic heterocycles. The highest BCUT2D eigenvalue weighted by atomic mass is 19.4. The maximum Gasteiger partial charge on any atom is 0.449 e. The van der Waals surface area contributed by atoms with Crippen LogP contribution in [0.15, 0.2) is 54.6 Å². The summed E-state index contributed by atoms with van der Waals surface area (Å²) in [6.07, 6.45) is -3.14. The average molecular weight is 375 g/mol. The topological polar surface area (TPSA) is 46.9 Å². The van der Waals surface area contributed by atoms with E-state index in [0.717, 1.165) is 16.6 Å². The molecule has 0 aliphatic carbocycles. The molecule has 27 heavy (non-hydrogen) atoms. The van der Waals surface area contributed by atoms with Crippen molar-refractivity contribution >= 4 is 16.9 Å². The monoisotopic (exact) mass is 375 g/mol. The minimum atomic E-state index is -4.63. The Bertz CT molecular complexity index is 919. The van der Waals surface area contributed by atoms with Crippen molar-refractivity contribution in [2.24, 2.45) is 0 Å². The van der Waals surface area contributed by atoms with Gasteiger partial charge in [-0.05, 0) is 37.5 Å². The molecule has 2 aromatic carbocycles. The van der Waals surface area contributed by atoms with Gasteiger partial charge in [-0.1, -0.05) is 42.5 Å². The van der Waals surface area contributed by atoms with Crippen molar-refractivity contribution in [2.45, 2.75) is 38.5 Å². The smallest absolute Gasteiger partial charge is 0.352 e. The molecule has 1 N–H and O–H groups in total. The molecule has 0 spiro atoms. The van der Waals surface area contributed by atoms with E-state index in [9.17, 15) is 18.0 Å². The number of hydrogen-bond donors (Lipinski definition) is 1. The van der Waals surface area contributed by atoms with Gasteiger partial charge in [0.2, 0.25) is 11.7 Å². The summed E-state index contributed by atoms with van der Waals surface area (Å²) in [5.41, 5.74) is 1.66. The largest absolute Gasteiger partial charge is 0.449 e. The molecule has 1 amide bonds.